The number of hydrogen-bond donors (Lipinski definition) is 0. The highest BCUT2D eigenvalue weighted by molar-refractivity contribution is 5.79. The van der Waals surface area contributed by atoms with Crippen LogP contribution in [-0.2, 0) is 18.3 Å². The molecule has 1 aliphatic heterocycles. The third kappa shape index (κ3) is 3.81. The fourth-order valence-electron chi connectivity index (χ4n) is 3.47. The van der Waals surface area contributed by atoms with Crippen LogP contribution in [0.25, 0.3) is 0 Å². The van der Waals surface area contributed by atoms with Gasteiger partial charge >= 0.3 is 0 Å². The van der Waals surface area contributed by atoms with E-state index < -0.39 is 0 Å². The van der Waals surface area contributed by atoms with Crippen LogP contribution in [0.3, 0.4) is 0 Å². The summed E-state index contributed by atoms with van der Waals surface area (Å²) < 4.78 is 1.75. The van der Waals surface area contributed by atoms with Crippen LogP contribution in [-0.4, -0.2) is 27.1 Å². The lowest BCUT2D eigenvalue weighted by Gasteiger charge is -2.30. The van der Waals surface area contributed by atoms with E-state index in [4.69, 9.17) is 0 Å². The standard InChI is InChI=1S/C19H25N3O/c1-15-7-6-8-17(11-15)18-9-4-3-5-10-22(18)19(23)12-16-13-20-21(2)14-16/h6-8,11,13-14,18H,3-5,9-10,12H2,1-2H3/t18-/m1/s1. The predicted molar refractivity (Wildman–Crippen MR) is 91.0 cm³/mol. The van der Waals surface area contributed by atoms with Gasteiger partial charge < -0.3 is 4.90 Å². The van der Waals surface area contributed by atoms with Gasteiger partial charge in [-0.3, -0.25) is 9.48 Å². The zero-order chi connectivity index (χ0) is 16.2. The Hall–Kier alpha value is -2.10. The van der Waals surface area contributed by atoms with Crippen molar-refractivity contribution in [3.63, 3.8) is 0 Å². The third-order valence-electron chi connectivity index (χ3n) is 4.61. The minimum atomic E-state index is 0.210. The molecule has 1 aliphatic rings. The molecule has 2 aromatic rings. The van der Waals surface area contributed by atoms with E-state index >= 15 is 0 Å². The molecule has 1 fully saturated rings. The van der Waals surface area contributed by atoms with Crippen LogP contribution in [0.4, 0.5) is 0 Å². The van der Waals surface area contributed by atoms with Gasteiger partial charge in [-0.05, 0) is 30.9 Å². The minimum Gasteiger partial charge on any atom is -0.335 e. The van der Waals surface area contributed by atoms with Crippen LogP contribution in [0.15, 0.2) is 36.7 Å². The summed E-state index contributed by atoms with van der Waals surface area (Å²) in [5, 5.41) is 4.17. The molecule has 122 valence electrons. The van der Waals surface area contributed by atoms with Crippen LogP contribution < -0.4 is 0 Å². The quantitative estimate of drug-likeness (QED) is 0.871. The largest absolute Gasteiger partial charge is 0.335 e. The maximum Gasteiger partial charge on any atom is 0.227 e. The van der Waals surface area contributed by atoms with Crippen molar-refractivity contribution < 1.29 is 4.79 Å². The van der Waals surface area contributed by atoms with Gasteiger partial charge in [0.2, 0.25) is 5.91 Å². The van der Waals surface area contributed by atoms with E-state index in [1.165, 1.54) is 24.0 Å². The van der Waals surface area contributed by atoms with Crippen molar-refractivity contribution in [2.45, 2.75) is 45.1 Å². The van der Waals surface area contributed by atoms with Crippen molar-refractivity contribution in [2.24, 2.45) is 7.05 Å². The SMILES string of the molecule is Cc1cccc([C@H]2CCCCCN2C(=O)Cc2cnn(C)c2)c1. The number of aryl methyl sites for hydroxylation is 2. The number of hydrogen-bond acceptors (Lipinski definition) is 2. The molecule has 1 atom stereocenters. The molecule has 0 aliphatic carbocycles. The van der Waals surface area contributed by atoms with Crippen molar-refractivity contribution in [1.82, 2.24) is 14.7 Å². The summed E-state index contributed by atoms with van der Waals surface area (Å²) >= 11 is 0. The first kappa shape index (κ1) is 15.8. The second kappa shape index (κ2) is 6.99. The molecule has 0 radical (unpaired) electrons. The van der Waals surface area contributed by atoms with Crippen LogP contribution >= 0.6 is 0 Å². The van der Waals surface area contributed by atoms with Gasteiger partial charge in [-0.15, -0.1) is 0 Å². The topological polar surface area (TPSA) is 38.1 Å². The number of nitrogens with zero attached hydrogens (tertiary/aromatic N) is 3. The van der Waals surface area contributed by atoms with Crippen LogP contribution in [0.1, 0.15) is 48.4 Å². The van der Waals surface area contributed by atoms with Crippen LogP contribution in [0.2, 0.25) is 0 Å². The minimum absolute atomic E-state index is 0.210. The van der Waals surface area contributed by atoms with E-state index in [9.17, 15) is 4.79 Å². The first-order valence-corrected chi connectivity index (χ1v) is 8.47. The number of rotatable bonds is 3. The Labute approximate surface area is 138 Å². The highest BCUT2D eigenvalue weighted by Crippen LogP contribution is 2.31. The van der Waals surface area contributed by atoms with Crippen LogP contribution in [0.5, 0.6) is 0 Å². The van der Waals surface area contributed by atoms with E-state index in [2.05, 4.69) is 41.2 Å². The Kier molecular flexibility index (Phi) is 4.79. The number of aromatic nitrogens is 2. The van der Waals surface area contributed by atoms with Gasteiger partial charge in [-0.25, -0.2) is 0 Å². The average Bonchev–Trinajstić information content (AvgIpc) is 2.79. The van der Waals surface area contributed by atoms with Crippen molar-refractivity contribution in [3.05, 3.63) is 53.3 Å². The van der Waals surface area contributed by atoms with E-state index in [-0.39, 0.29) is 11.9 Å². The predicted octanol–water partition coefficient (Wildman–Crippen LogP) is 3.41. The smallest absolute Gasteiger partial charge is 0.227 e. The first-order valence-electron chi connectivity index (χ1n) is 8.47. The second-order valence-corrected chi connectivity index (χ2v) is 6.57. The summed E-state index contributed by atoms with van der Waals surface area (Å²) in [5.74, 6) is 0.214. The number of carbonyl (C=O) groups is 1. The highest BCUT2D eigenvalue weighted by Gasteiger charge is 2.26. The van der Waals surface area contributed by atoms with Gasteiger partial charge in [0.25, 0.3) is 0 Å². The van der Waals surface area contributed by atoms with Gasteiger partial charge in [0.05, 0.1) is 18.7 Å². The molecule has 0 spiro atoms. The molecule has 1 aromatic carbocycles. The van der Waals surface area contributed by atoms with E-state index in [0.29, 0.717) is 6.42 Å². The fraction of sp³-hybridized carbons (Fsp3) is 0.474. The summed E-state index contributed by atoms with van der Waals surface area (Å²) in [6, 6.07) is 8.80. The highest BCUT2D eigenvalue weighted by atomic mass is 16.2. The molecular weight excluding hydrogens is 286 g/mol. The Morgan fingerprint density at radius 1 is 1.30 bits per heavy atom. The lowest BCUT2D eigenvalue weighted by molar-refractivity contribution is -0.132. The summed E-state index contributed by atoms with van der Waals surface area (Å²) in [6.45, 7) is 2.97. The molecule has 1 amide bonds. The molecular formula is C19H25N3O. The Morgan fingerprint density at radius 2 is 2.17 bits per heavy atom. The normalized spacial score (nSPS) is 18.7. The van der Waals surface area contributed by atoms with Gasteiger partial charge in [0.15, 0.2) is 0 Å². The molecule has 4 nitrogen and oxygen atoms in total. The van der Waals surface area contributed by atoms with E-state index in [1.54, 1.807) is 10.9 Å². The van der Waals surface area contributed by atoms with Gasteiger partial charge in [-0.1, -0.05) is 42.7 Å². The molecule has 23 heavy (non-hydrogen) atoms. The maximum atomic E-state index is 12.9. The van der Waals surface area contributed by atoms with Crippen LogP contribution in [0, 0.1) is 6.92 Å². The average molecular weight is 311 g/mol. The molecule has 3 rings (SSSR count). The molecule has 1 saturated heterocycles. The number of benzene rings is 1. The molecule has 0 bridgehead atoms. The maximum absolute atomic E-state index is 12.9. The van der Waals surface area contributed by atoms with Gasteiger partial charge in [0.1, 0.15) is 0 Å². The summed E-state index contributed by atoms with van der Waals surface area (Å²) in [7, 11) is 1.88. The molecule has 4 heteroatoms. The summed E-state index contributed by atoms with van der Waals surface area (Å²) in [5.41, 5.74) is 3.52. The molecule has 1 aromatic heterocycles. The lowest BCUT2D eigenvalue weighted by atomic mass is 9.98. The molecule has 2 heterocycles. The molecule has 0 N–H and O–H groups in total. The number of amides is 1. The molecule has 0 unspecified atom stereocenters. The lowest BCUT2D eigenvalue weighted by Crippen LogP contribution is -2.35. The van der Waals surface area contributed by atoms with Gasteiger partial charge in [0, 0.05) is 19.8 Å². The third-order valence-corrected chi connectivity index (χ3v) is 4.61. The number of likely N-dealkylation sites (tertiary alicyclic amines) is 1. The summed E-state index contributed by atoms with van der Waals surface area (Å²) in [4.78, 5) is 15.0. The van der Waals surface area contributed by atoms with Crippen molar-refractivity contribution in [1.29, 1.82) is 0 Å². The summed E-state index contributed by atoms with van der Waals surface area (Å²) in [6.07, 6.45) is 8.71. The van der Waals surface area contributed by atoms with Crippen molar-refractivity contribution in [3.8, 4) is 0 Å². The first-order chi connectivity index (χ1) is 11.1. The van der Waals surface area contributed by atoms with E-state index in [0.717, 1.165) is 24.9 Å². The zero-order valence-corrected chi connectivity index (χ0v) is 14.0. The Balaban J connectivity index is 1.82. The van der Waals surface area contributed by atoms with Gasteiger partial charge in [-0.2, -0.15) is 5.10 Å². The fourth-order valence-corrected chi connectivity index (χ4v) is 3.47. The van der Waals surface area contributed by atoms with Crippen molar-refractivity contribution >= 4 is 5.91 Å². The molecule has 0 saturated carbocycles. The Bertz CT molecular complexity index is 677. The monoisotopic (exact) mass is 311 g/mol. The number of carbonyl (C=O) groups excluding carboxylic acids is 1. The second-order valence-electron chi connectivity index (χ2n) is 6.57. The zero-order valence-electron chi connectivity index (χ0n) is 14.0. The van der Waals surface area contributed by atoms with E-state index in [1.807, 2.05) is 13.2 Å². The Morgan fingerprint density at radius 3 is 2.91 bits per heavy atom. The van der Waals surface area contributed by atoms with Crippen molar-refractivity contribution in [2.75, 3.05) is 6.54 Å².